The van der Waals surface area contributed by atoms with Gasteiger partial charge in [0.25, 0.3) is 0 Å². The summed E-state index contributed by atoms with van der Waals surface area (Å²) in [7, 11) is 0. The number of hydrogen-bond acceptors (Lipinski definition) is 3. The molecule has 0 bridgehead atoms. The Balaban J connectivity index is 1.58. The van der Waals surface area contributed by atoms with E-state index in [1.807, 2.05) is 35.3 Å². The summed E-state index contributed by atoms with van der Waals surface area (Å²) in [6, 6.07) is 16.1. The van der Waals surface area contributed by atoms with E-state index in [2.05, 4.69) is 10.5 Å². The Kier molecular flexibility index (Phi) is 5.16. The van der Waals surface area contributed by atoms with Crippen LogP contribution in [0, 0.1) is 5.82 Å². The van der Waals surface area contributed by atoms with E-state index in [0.717, 1.165) is 42.8 Å². The van der Waals surface area contributed by atoms with Crippen molar-refractivity contribution in [2.75, 3.05) is 19.6 Å². The van der Waals surface area contributed by atoms with Gasteiger partial charge in [-0.25, -0.2) is 19.2 Å². The average molecular weight is 366 g/mol. The van der Waals surface area contributed by atoms with Crippen molar-refractivity contribution in [2.24, 2.45) is 5.10 Å². The zero-order valence-electron chi connectivity index (χ0n) is 15.1. The number of rotatable bonds is 3. The molecular weight excluding hydrogens is 343 g/mol. The highest BCUT2D eigenvalue weighted by atomic mass is 19.1. The third kappa shape index (κ3) is 4.01. The van der Waals surface area contributed by atoms with Gasteiger partial charge in [0.15, 0.2) is 0 Å². The van der Waals surface area contributed by atoms with Crippen LogP contribution in [0.5, 0.6) is 0 Å². The fraction of sp³-hybridized carbons (Fsp3) is 0.333. The lowest BCUT2D eigenvalue weighted by Gasteiger charge is -2.28. The Morgan fingerprint density at radius 2 is 1.70 bits per heavy atom. The summed E-state index contributed by atoms with van der Waals surface area (Å²) in [6.45, 7) is 2.21. The van der Waals surface area contributed by atoms with Gasteiger partial charge in [-0.05, 0) is 36.1 Å². The molecule has 0 saturated carbocycles. The number of carbonyl (C=O) groups is 1. The standard InChI is InChI=1S/C21H23FN4O/c22-18-11-9-17(10-12-18)20-19(16-7-3-1-4-8-16)15-26(23-20)21(27)24-25-13-5-2-6-14-25/h1,3-4,7-12,19H,2,5-6,13-15H2,(H,24,27). The van der Waals surface area contributed by atoms with E-state index in [-0.39, 0.29) is 17.8 Å². The zero-order valence-corrected chi connectivity index (χ0v) is 15.1. The van der Waals surface area contributed by atoms with Gasteiger partial charge < -0.3 is 0 Å². The van der Waals surface area contributed by atoms with Gasteiger partial charge in [0.2, 0.25) is 0 Å². The van der Waals surface area contributed by atoms with Crippen molar-refractivity contribution in [3.8, 4) is 0 Å². The Morgan fingerprint density at radius 3 is 2.41 bits per heavy atom. The van der Waals surface area contributed by atoms with E-state index in [4.69, 9.17) is 0 Å². The molecule has 0 spiro atoms. The summed E-state index contributed by atoms with van der Waals surface area (Å²) in [5.41, 5.74) is 5.68. The summed E-state index contributed by atoms with van der Waals surface area (Å²) >= 11 is 0. The number of benzene rings is 2. The molecular formula is C21H23FN4O. The molecule has 27 heavy (non-hydrogen) atoms. The summed E-state index contributed by atoms with van der Waals surface area (Å²) in [5, 5.41) is 8.06. The van der Waals surface area contributed by atoms with Crippen molar-refractivity contribution in [3.63, 3.8) is 0 Å². The lowest BCUT2D eigenvalue weighted by Crippen LogP contribution is -2.49. The summed E-state index contributed by atoms with van der Waals surface area (Å²) in [5.74, 6) is -0.322. The number of halogens is 1. The van der Waals surface area contributed by atoms with Crippen LogP contribution in [-0.4, -0.2) is 41.4 Å². The van der Waals surface area contributed by atoms with Crippen molar-refractivity contribution in [3.05, 3.63) is 71.5 Å². The minimum Gasteiger partial charge on any atom is -0.269 e. The Labute approximate surface area is 158 Å². The van der Waals surface area contributed by atoms with Gasteiger partial charge in [-0.3, -0.25) is 5.43 Å². The smallest absolute Gasteiger partial charge is 0.269 e. The van der Waals surface area contributed by atoms with Crippen LogP contribution in [0.1, 0.15) is 36.3 Å². The Hall–Kier alpha value is -2.73. The minimum atomic E-state index is -0.284. The summed E-state index contributed by atoms with van der Waals surface area (Å²) in [6.07, 6.45) is 3.40. The topological polar surface area (TPSA) is 47.9 Å². The number of hydrazone groups is 1. The molecule has 1 saturated heterocycles. The highest BCUT2D eigenvalue weighted by Gasteiger charge is 2.32. The number of nitrogens with one attached hydrogen (secondary N) is 1. The van der Waals surface area contributed by atoms with Crippen LogP contribution >= 0.6 is 0 Å². The number of hydrazine groups is 1. The van der Waals surface area contributed by atoms with Gasteiger partial charge in [-0.2, -0.15) is 5.10 Å². The molecule has 2 aromatic rings. The number of amides is 2. The van der Waals surface area contributed by atoms with Crippen molar-refractivity contribution in [2.45, 2.75) is 25.2 Å². The zero-order chi connectivity index (χ0) is 18.6. The van der Waals surface area contributed by atoms with Gasteiger partial charge in [0.1, 0.15) is 5.82 Å². The van der Waals surface area contributed by atoms with Crippen LogP contribution in [-0.2, 0) is 0 Å². The Bertz CT molecular complexity index is 816. The van der Waals surface area contributed by atoms with E-state index in [0.29, 0.717) is 6.54 Å². The largest absolute Gasteiger partial charge is 0.352 e. The molecule has 5 nitrogen and oxygen atoms in total. The first-order valence-corrected chi connectivity index (χ1v) is 9.43. The van der Waals surface area contributed by atoms with Crippen LogP contribution in [0.15, 0.2) is 59.7 Å². The predicted molar refractivity (Wildman–Crippen MR) is 103 cm³/mol. The fourth-order valence-corrected chi connectivity index (χ4v) is 3.66. The summed E-state index contributed by atoms with van der Waals surface area (Å²) in [4.78, 5) is 12.7. The van der Waals surface area contributed by atoms with Gasteiger partial charge in [0.05, 0.1) is 12.3 Å². The van der Waals surface area contributed by atoms with Crippen LogP contribution in [0.3, 0.4) is 0 Å². The SMILES string of the molecule is O=C(NN1CCCCC1)N1CC(c2ccccc2)C(c2ccc(F)cc2)=N1. The second-order valence-corrected chi connectivity index (χ2v) is 7.00. The highest BCUT2D eigenvalue weighted by Crippen LogP contribution is 2.29. The second-order valence-electron chi connectivity index (χ2n) is 7.00. The van der Waals surface area contributed by atoms with E-state index in [9.17, 15) is 9.18 Å². The monoisotopic (exact) mass is 366 g/mol. The van der Waals surface area contributed by atoms with Gasteiger partial charge in [-0.1, -0.05) is 48.9 Å². The maximum absolute atomic E-state index is 13.3. The summed E-state index contributed by atoms with van der Waals surface area (Å²) < 4.78 is 13.3. The first-order chi connectivity index (χ1) is 13.2. The highest BCUT2D eigenvalue weighted by molar-refractivity contribution is 6.07. The average Bonchev–Trinajstić information content (AvgIpc) is 3.16. The molecule has 0 aromatic heterocycles. The minimum absolute atomic E-state index is 0.0382. The lowest BCUT2D eigenvalue weighted by atomic mass is 9.91. The van der Waals surface area contributed by atoms with Gasteiger partial charge in [0, 0.05) is 19.0 Å². The van der Waals surface area contributed by atoms with Crippen molar-refractivity contribution < 1.29 is 9.18 Å². The molecule has 2 aliphatic heterocycles. The maximum Gasteiger partial charge on any atom is 0.352 e. The molecule has 140 valence electrons. The molecule has 0 aliphatic carbocycles. The second kappa shape index (κ2) is 7.88. The van der Waals surface area contributed by atoms with Crippen LogP contribution in [0.4, 0.5) is 9.18 Å². The van der Waals surface area contributed by atoms with E-state index >= 15 is 0 Å². The molecule has 4 rings (SSSR count). The number of urea groups is 1. The molecule has 0 radical (unpaired) electrons. The molecule has 6 heteroatoms. The van der Waals surface area contributed by atoms with E-state index in [1.165, 1.54) is 23.6 Å². The normalized spacial score (nSPS) is 20.4. The van der Waals surface area contributed by atoms with Crippen LogP contribution < -0.4 is 5.43 Å². The molecule has 1 N–H and O–H groups in total. The number of hydrogen-bond donors (Lipinski definition) is 1. The van der Waals surface area contributed by atoms with Gasteiger partial charge >= 0.3 is 6.03 Å². The van der Waals surface area contributed by atoms with Crippen LogP contribution in [0.25, 0.3) is 0 Å². The Morgan fingerprint density at radius 1 is 1.00 bits per heavy atom. The third-order valence-electron chi connectivity index (χ3n) is 5.10. The molecule has 1 unspecified atom stereocenters. The molecule has 2 heterocycles. The number of piperidine rings is 1. The fourth-order valence-electron chi connectivity index (χ4n) is 3.66. The third-order valence-corrected chi connectivity index (χ3v) is 5.10. The maximum atomic E-state index is 13.3. The van der Waals surface area contributed by atoms with Crippen molar-refractivity contribution in [1.29, 1.82) is 0 Å². The van der Waals surface area contributed by atoms with E-state index < -0.39 is 0 Å². The van der Waals surface area contributed by atoms with Crippen molar-refractivity contribution in [1.82, 2.24) is 15.4 Å². The number of nitrogens with zero attached hydrogens (tertiary/aromatic N) is 3. The van der Waals surface area contributed by atoms with Gasteiger partial charge in [-0.15, -0.1) is 0 Å². The first kappa shape index (κ1) is 17.7. The molecule has 2 aromatic carbocycles. The predicted octanol–water partition coefficient (Wildman–Crippen LogP) is 3.74. The molecule has 1 atom stereocenters. The van der Waals surface area contributed by atoms with Crippen LogP contribution in [0.2, 0.25) is 0 Å². The quantitative estimate of drug-likeness (QED) is 0.900. The number of carbonyl (C=O) groups excluding carboxylic acids is 1. The molecule has 2 aliphatic rings. The van der Waals surface area contributed by atoms with E-state index in [1.54, 1.807) is 12.1 Å². The van der Waals surface area contributed by atoms with Crippen molar-refractivity contribution >= 4 is 11.7 Å². The lowest BCUT2D eigenvalue weighted by molar-refractivity contribution is 0.133. The first-order valence-electron chi connectivity index (χ1n) is 9.43. The molecule has 1 fully saturated rings. The molecule has 2 amide bonds.